The van der Waals surface area contributed by atoms with Crippen LogP contribution in [0, 0.1) is 0 Å². The number of alkyl halides is 3. The van der Waals surface area contributed by atoms with E-state index in [0.717, 1.165) is 24.3 Å². The molecule has 0 radical (unpaired) electrons. The molecule has 1 aromatic carbocycles. The van der Waals surface area contributed by atoms with Crippen LogP contribution in [0.5, 0.6) is 5.75 Å². The Labute approximate surface area is 90.3 Å². The van der Waals surface area contributed by atoms with Crippen molar-refractivity contribution >= 4 is 0 Å². The average Bonchev–Trinajstić information content (AvgIpc) is 2.17. The predicted octanol–water partition coefficient (Wildman–Crippen LogP) is 1.49. The zero-order valence-electron chi connectivity index (χ0n) is 8.33. The number of phenols is 1. The van der Waals surface area contributed by atoms with E-state index in [1.165, 1.54) is 0 Å². The molecule has 0 saturated carbocycles. The van der Waals surface area contributed by atoms with E-state index in [0.29, 0.717) is 0 Å². The Kier molecular flexibility index (Phi) is 3.44. The van der Waals surface area contributed by atoms with Gasteiger partial charge in [-0.3, -0.25) is 0 Å². The van der Waals surface area contributed by atoms with Crippen molar-refractivity contribution in [2.45, 2.75) is 18.2 Å². The molecule has 1 unspecified atom stereocenters. The fraction of sp³-hybridized carbons (Fsp3) is 0.400. The van der Waals surface area contributed by atoms with E-state index in [-0.39, 0.29) is 17.9 Å². The van der Waals surface area contributed by atoms with Crippen LogP contribution in [-0.2, 0) is 5.60 Å². The molecule has 16 heavy (non-hydrogen) atoms. The maximum atomic E-state index is 12.7. The van der Waals surface area contributed by atoms with Crippen LogP contribution in [-0.4, -0.2) is 22.9 Å². The lowest BCUT2D eigenvalue weighted by Crippen LogP contribution is -2.43. The highest BCUT2D eigenvalue weighted by molar-refractivity contribution is 5.31. The Balaban J connectivity index is 3.16. The molecule has 0 fully saturated rings. The van der Waals surface area contributed by atoms with Crippen molar-refractivity contribution in [3.05, 3.63) is 29.8 Å². The first kappa shape index (κ1) is 12.8. The molecule has 4 N–H and O–H groups in total. The molecule has 3 nitrogen and oxygen atoms in total. The molecule has 1 rings (SSSR count). The molecular formula is C10H12F3NO2. The summed E-state index contributed by atoms with van der Waals surface area (Å²) in [4.78, 5) is 0. The smallest absolute Gasteiger partial charge is 0.421 e. The molecule has 0 spiro atoms. The van der Waals surface area contributed by atoms with Crippen molar-refractivity contribution in [1.29, 1.82) is 0 Å². The minimum atomic E-state index is -4.80. The lowest BCUT2D eigenvalue weighted by Gasteiger charge is -2.30. The average molecular weight is 235 g/mol. The molecule has 1 atom stereocenters. The maximum absolute atomic E-state index is 12.7. The third kappa shape index (κ3) is 2.28. The van der Waals surface area contributed by atoms with Crippen LogP contribution >= 0.6 is 0 Å². The first-order valence-electron chi connectivity index (χ1n) is 4.60. The molecule has 0 aliphatic heterocycles. The van der Waals surface area contributed by atoms with Crippen LogP contribution in [0.3, 0.4) is 0 Å². The summed E-state index contributed by atoms with van der Waals surface area (Å²) in [6.45, 7) is -0.295. The highest BCUT2D eigenvalue weighted by Crippen LogP contribution is 2.41. The number of halogens is 3. The topological polar surface area (TPSA) is 66.5 Å². The quantitative estimate of drug-likeness (QED) is 0.743. The second-order valence-electron chi connectivity index (χ2n) is 3.44. The van der Waals surface area contributed by atoms with Crippen LogP contribution in [0.1, 0.15) is 12.0 Å². The van der Waals surface area contributed by atoms with E-state index in [1.807, 2.05) is 0 Å². The Bertz CT molecular complexity index is 350. The van der Waals surface area contributed by atoms with E-state index < -0.39 is 18.2 Å². The highest BCUT2D eigenvalue weighted by atomic mass is 19.4. The van der Waals surface area contributed by atoms with E-state index in [2.05, 4.69) is 0 Å². The van der Waals surface area contributed by atoms with Gasteiger partial charge in [-0.05, 0) is 24.2 Å². The van der Waals surface area contributed by atoms with Crippen molar-refractivity contribution in [3.63, 3.8) is 0 Å². The minimum absolute atomic E-state index is 0.166. The summed E-state index contributed by atoms with van der Waals surface area (Å²) < 4.78 is 38.1. The summed E-state index contributed by atoms with van der Waals surface area (Å²) in [6.07, 6.45) is -5.43. The Morgan fingerprint density at radius 1 is 1.12 bits per heavy atom. The number of rotatable bonds is 3. The van der Waals surface area contributed by atoms with E-state index in [1.54, 1.807) is 0 Å². The van der Waals surface area contributed by atoms with Gasteiger partial charge in [0.2, 0.25) is 0 Å². The largest absolute Gasteiger partial charge is 0.508 e. The third-order valence-corrected chi connectivity index (χ3v) is 2.32. The van der Waals surface area contributed by atoms with Crippen LogP contribution < -0.4 is 5.73 Å². The van der Waals surface area contributed by atoms with Gasteiger partial charge >= 0.3 is 6.18 Å². The molecule has 0 aliphatic carbocycles. The van der Waals surface area contributed by atoms with E-state index in [4.69, 9.17) is 10.8 Å². The molecule has 0 amide bonds. The van der Waals surface area contributed by atoms with Crippen LogP contribution in [0.2, 0.25) is 0 Å². The number of hydrogen-bond acceptors (Lipinski definition) is 3. The van der Waals surface area contributed by atoms with Gasteiger partial charge in [0.15, 0.2) is 5.60 Å². The second kappa shape index (κ2) is 4.31. The molecule has 0 aliphatic rings. The minimum Gasteiger partial charge on any atom is -0.508 e. The van der Waals surface area contributed by atoms with Gasteiger partial charge in [-0.25, -0.2) is 0 Å². The van der Waals surface area contributed by atoms with E-state index in [9.17, 15) is 18.3 Å². The van der Waals surface area contributed by atoms with Crippen LogP contribution in [0.4, 0.5) is 13.2 Å². The first-order chi connectivity index (χ1) is 7.31. The number of aromatic hydroxyl groups is 1. The molecule has 90 valence electrons. The second-order valence-corrected chi connectivity index (χ2v) is 3.44. The predicted molar refractivity (Wildman–Crippen MR) is 51.7 cm³/mol. The first-order valence-corrected chi connectivity index (χ1v) is 4.60. The molecule has 1 aromatic rings. The van der Waals surface area contributed by atoms with Crippen molar-refractivity contribution in [3.8, 4) is 5.75 Å². The fourth-order valence-electron chi connectivity index (χ4n) is 1.40. The highest BCUT2D eigenvalue weighted by Gasteiger charge is 2.54. The number of nitrogens with two attached hydrogens (primary N) is 1. The van der Waals surface area contributed by atoms with Crippen molar-refractivity contribution < 1.29 is 23.4 Å². The Morgan fingerprint density at radius 2 is 1.62 bits per heavy atom. The molecule has 0 heterocycles. The third-order valence-electron chi connectivity index (χ3n) is 2.32. The fourth-order valence-corrected chi connectivity index (χ4v) is 1.40. The molecule has 0 aromatic heterocycles. The normalized spacial score (nSPS) is 15.8. The van der Waals surface area contributed by atoms with Crippen LogP contribution in [0.25, 0.3) is 0 Å². The summed E-state index contributed by atoms with van der Waals surface area (Å²) in [6, 6.07) is 4.22. The zero-order valence-corrected chi connectivity index (χ0v) is 8.33. The summed E-state index contributed by atoms with van der Waals surface area (Å²) in [5.41, 5.74) is 1.78. The lowest BCUT2D eigenvalue weighted by molar-refractivity contribution is -0.268. The van der Waals surface area contributed by atoms with Gasteiger partial charge in [-0.2, -0.15) is 13.2 Å². The molecule has 6 heteroatoms. The summed E-state index contributed by atoms with van der Waals surface area (Å²) in [5, 5.41) is 18.6. The van der Waals surface area contributed by atoms with Crippen molar-refractivity contribution in [2.24, 2.45) is 5.73 Å². The number of aliphatic hydroxyl groups is 1. The lowest BCUT2D eigenvalue weighted by atomic mass is 9.89. The zero-order chi connectivity index (χ0) is 12.4. The number of phenolic OH excluding ortho intramolecular Hbond substituents is 1. The van der Waals surface area contributed by atoms with Gasteiger partial charge < -0.3 is 15.9 Å². The van der Waals surface area contributed by atoms with Crippen molar-refractivity contribution in [2.75, 3.05) is 6.54 Å². The monoisotopic (exact) mass is 235 g/mol. The van der Waals surface area contributed by atoms with Crippen molar-refractivity contribution in [1.82, 2.24) is 0 Å². The van der Waals surface area contributed by atoms with Gasteiger partial charge in [0.25, 0.3) is 0 Å². The molecule has 0 bridgehead atoms. The van der Waals surface area contributed by atoms with Gasteiger partial charge in [-0.15, -0.1) is 0 Å². The Morgan fingerprint density at radius 3 is 2.00 bits per heavy atom. The van der Waals surface area contributed by atoms with Gasteiger partial charge in [0.1, 0.15) is 5.75 Å². The van der Waals surface area contributed by atoms with Gasteiger partial charge in [0.05, 0.1) is 0 Å². The summed E-state index contributed by atoms with van der Waals surface area (Å²) in [5.74, 6) is -0.166. The standard InChI is InChI=1S/C10H12F3NO2/c11-10(12,13)9(16,5-6-14)7-1-3-8(15)4-2-7/h1-4,15-16H,5-6,14H2. The van der Waals surface area contributed by atoms with Gasteiger partial charge in [0, 0.05) is 6.42 Å². The van der Waals surface area contributed by atoms with E-state index >= 15 is 0 Å². The number of benzene rings is 1. The Hall–Kier alpha value is -1.27. The van der Waals surface area contributed by atoms with Gasteiger partial charge in [-0.1, -0.05) is 12.1 Å². The SMILES string of the molecule is NCCC(O)(c1ccc(O)cc1)C(F)(F)F. The summed E-state index contributed by atoms with van der Waals surface area (Å²) >= 11 is 0. The maximum Gasteiger partial charge on any atom is 0.421 e. The van der Waals surface area contributed by atoms with Crippen LogP contribution in [0.15, 0.2) is 24.3 Å². The number of hydrogen-bond donors (Lipinski definition) is 3. The summed E-state index contributed by atoms with van der Waals surface area (Å²) in [7, 11) is 0. The molecular weight excluding hydrogens is 223 g/mol. The molecule has 0 saturated heterocycles.